The number of hydrogen-bond donors (Lipinski definition) is 1. The number of rotatable bonds is 5. The number of hydrogen-bond acceptors (Lipinski definition) is 3. The topological polar surface area (TPSA) is 49.6 Å². The van der Waals surface area contributed by atoms with E-state index in [1.165, 1.54) is 6.21 Å². The summed E-state index contributed by atoms with van der Waals surface area (Å²) in [6.45, 7) is 0.978. The molecule has 0 unspecified atom stereocenters. The molecule has 7 heteroatoms. The Morgan fingerprint density at radius 3 is 2.05 bits per heavy atom. The first-order chi connectivity index (χ1) is 8.88. The molecule has 0 aliphatic heterocycles. The molecule has 1 N–H and O–H groups in total. The van der Waals surface area contributed by atoms with Crippen LogP contribution in [0.4, 0.5) is 0 Å². The van der Waals surface area contributed by atoms with E-state index >= 15 is 0 Å². The fourth-order valence-electron chi connectivity index (χ4n) is 1.48. The zero-order chi connectivity index (χ0) is 12.6. The van der Waals surface area contributed by atoms with Crippen molar-refractivity contribution in [1.29, 1.82) is 0 Å². The van der Waals surface area contributed by atoms with Gasteiger partial charge >= 0.3 is 0 Å². The smallest absolute Gasteiger partial charge is 0.257 e. The van der Waals surface area contributed by atoms with Crippen LogP contribution in [0.5, 0.6) is 0 Å². The predicted molar refractivity (Wildman–Crippen MR) is 63.7 cm³/mol. The van der Waals surface area contributed by atoms with Gasteiger partial charge in [0.2, 0.25) is 0 Å². The molecule has 108 valence electrons. The summed E-state index contributed by atoms with van der Waals surface area (Å²) >= 11 is 0. The lowest BCUT2D eigenvalue weighted by Crippen LogP contribution is -3.00. The molecule has 0 atom stereocenters. The Balaban J connectivity index is 0.00000180. The van der Waals surface area contributed by atoms with E-state index in [2.05, 4.69) is 5.16 Å². The molecule has 0 spiro atoms. The SMILES string of the molecule is ON=Cc1cc[n+](COC[n+]2ccccc2)cc1.[I-].[I-]. The highest BCUT2D eigenvalue weighted by Crippen LogP contribution is 1.90. The molecular weight excluding hydrogens is 484 g/mol. The van der Waals surface area contributed by atoms with Crippen LogP contribution in [0.2, 0.25) is 0 Å². The summed E-state index contributed by atoms with van der Waals surface area (Å²) in [7, 11) is 0. The highest BCUT2D eigenvalue weighted by molar-refractivity contribution is 5.78. The summed E-state index contributed by atoms with van der Waals surface area (Å²) in [6.07, 6.45) is 9.02. The minimum Gasteiger partial charge on any atom is -1.00 e. The summed E-state index contributed by atoms with van der Waals surface area (Å²) < 4.78 is 9.40. The molecule has 5 nitrogen and oxygen atoms in total. The van der Waals surface area contributed by atoms with Gasteiger partial charge in [0.1, 0.15) is 0 Å². The van der Waals surface area contributed by atoms with Crippen LogP contribution in [0.1, 0.15) is 5.56 Å². The van der Waals surface area contributed by atoms with Gasteiger partial charge in [-0.05, 0) is 0 Å². The maximum Gasteiger partial charge on any atom is 0.257 e. The highest BCUT2D eigenvalue weighted by atomic mass is 127. The zero-order valence-electron chi connectivity index (χ0n) is 10.6. The molecule has 2 rings (SSSR count). The molecule has 0 amide bonds. The average Bonchev–Trinajstić information content (AvgIpc) is 2.42. The number of pyridine rings is 2. The van der Waals surface area contributed by atoms with Gasteiger partial charge in [-0.1, -0.05) is 11.2 Å². The molecule has 0 saturated carbocycles. The van der Waals surface area contributed by atoms with E-state index < -0.39 is 0 Å². The summed E-state index contributed by atoms with van der Waals surface area (Å²) in [6, 6.07) is 9.57. The van der Waals surface area contributed by atoms with Gasteiger partial charge in [-0.2, -0.15) is 9.13 Å². The minimum absolute atomic E-state index is 0. The monoisotopic (exact) mass is 499 g/mol. The summed E-state index contributed by atoms with van der Waals surface area (Å²) in [4.78, 5) is 0. The van der Waals surface area contributed by atoms with Crippen molar-refractivity contribution in [1.82, 2.24) is 0 Å². The fraction of sp³-hybridized carbons (Fsp3) is 0.154. The predicted octanol–water partition coefficient (Wildman–Crippen LogP) is -5.29. The van der Waals surface area contributed by atoms with Crippen LogP contribution in [-0.4, -0.2) is 11.4 Å². The largest absolute Gasteiger partial charge is 1.00 e. The van der Waals surface area contributed by atoms with E-state index in [1.807, 2.05) is 64.3 Å². The molecule has 0 aliphatic rings. The highest BCUT2D eigenvalue weighted by Gasteiger charge is 2.02. The average molecular weight is 499 g/mol. The summed E-state index contributed by atoms with van der Waals surface area (Å²) in [5.74, 6) is 0. The molecule has 0 aliphatic carbocycles. The lowest BCUT2D eigenvalue weighted by Gasteiger charge is -1.97. The van der Waals surface area contributed by atoms with Crippen LogP contribution in [0.15, 0.2) is 60.3 Å². The van der Waals surface area contributed by atoms with E-state index in [9.17, 15) is 0 Å². The van der Waals surface area contributed by atoms with Gasteiger partial charge in [0.05, 0.1) is 6.21 Å². The van der Waals surface area contributed by atoms with Crippen molar-refractivity contribution in [3.63, 3.8) is 0 Å². The molecule has 20 heavy (non-hydrogen) atoms. The van der Waals surface area contributed by atoms with E-state index in [-0.39, 0.29) is 48.0 Å². The third kappa shape index (κ3) is 6.57. The van der Waals surface area contributed by atoms with Crippen LogP contribution >= 0.6 is 0 Å². The lowest BCUT2D eigenvalue weighted by molar-refractivity contribution is -0.788. The van der Waals surface area contributed by atoms with Gasteiger partial charge in [-0.15, -0.1) is 0 Å². The van der Waals surface area contributed by atoms with E-state index in [4.69, 9.17) is 9.94 Å². The molecule has 0 bridgehead atoms. The number of nitrogens with zero attached hydrogens (tertiary/aromatic N) is 3. The second kappa shape index (κ2) is 10.9. The Bertz CT molecular complexity index is 507. The first-order valence-electron chi connectivity index (χ1n) is 5.57. The quantitative estimate of drug-likeness (QED) is 0.147. The normalized spacial score (nSPS) is 9.80. The van der Waals surface area contributed by atoms with Crippen molar-refractivity contribution < 1.29 is 67.0 Å². The first kappa shape index (κ1) is 19.2. The second-order valence-electron chi connectivity index (χ2n) is 3.74. The third-order valence-corrected chi connectivity index (χ3v) is 2.38. The second-order valence-corrected chi connectivity index (χ2v) is 3.74. The standard InChI is InChI=1S/C13H14N3O2.2HI/c17-14-10-13-4-8-16(9-5-13)12-18-11-15-6-2-1-3-7-15;;/h1-10H,11-12H2;2*1H/q+1;;/p-1. The Labute approximate surface area is 151 Å². The molecule has 2 aromatic rings. The van der Waals surface area contributed by atoms with E-state index in [1.54, 1.807) is 0 Å². The summed E-state index contributed by atoms with van der Waals surface area (Å²) in [5, 5.41) is 11.4. The van der Waals surface area contributed by atoms with Crippen LogP contribution < -0.4 is 57.1 Å². The van der Waals surface area contributed by atoms with Gasteiger partial charge in [-0.25, -0.2) is 0 Å². The van der Waals surface area contributed by atoms with Crippen LogP contribution in [0.3, 0.4) is 0 Å². The van der Waals surface area contributed by atoms with Gasteiger partial charge in [0.25, 0.3) is 13.5 Å². The molecule has 0 radical (unpaired) electrons. The molecule has 2 heterocycles. The lowest BCUT2D eigenvalue weighted by atomic mass is 10.3. The zero-order valence-corrected chi connectivity index (χ0v) is 15.0. The number of halogens is 2. The maximum atomic E-state index is 8.39. The van der Waals surface area contributed by atoms with Crippen molar-refractivity contribution in [2.75, 3.05) is 0 Å². The van der Waals surface area contributed by atoms with Crippen molar-refractivity contribution in [3.05, 3.63) is 60.7 Å². The number of oxime groups is 1. The summed E-state index contributed by atoms with van der Waals surface area (Å²) in [5.41, 5.74) is 0.839. The number of aromatic nitrogens is 2. The molecule has 0 aromatic carbocycles. The van der Waals surface area contributed by atoms with Crippen molar-refractivity contribution in [2.45, 2.75) is 13.5 Å². The molecular formula is C13H15I2N3O2. The Morgan fingerprint density at radius 1 is 0.950 bits per heavy atom. The van der Waals surface area contributed by atoms with Crippen LogP contribution in [0, 0.1) is 0 Å². The van der Waals surface area contributed by atoms with E-state index in [0.717, 1.165) is 5.56 Å². The van der Waals surface area contributed by atoms with Gasteiger partial charge in [-0.3, -0.25) is 4.74 Å². The minimum atomic E-state index is 0. The Morgan fingerprint density at radius 2 is 1.50 bits per heavy atom. The van der Waals surface area contributed by atoms with Gasteiger partial charge in [0.15, 0.2) is 24.8 Å². The Kier molecular flexibility index (Phi) is 10.5. The van der Waals surface area contributed by atoms with Gasteiger partial charge < -0.3 is 53.2 Å². The molecule has 2 aromatic heterocycles. The first-order valence-corrected chi connectivity index (χ1v) is 5.57. The van der Waals surface area contributed by atoms with Crippen LogP contribution in [0.25, 0.3) is 0 Å². The third-order valence-electron chi connectivity index (χ3n) is 2.38. The van der Waals surface area contributed by atoms with Crippen LogP contribution in [-0.2, 0) is 18.2 Å². The van der Waals surface area contributed by atoms with Gasteiger partial charge in [0, 0.05) is 29.8 Å². The Hall–Kier alpha value is -0.810. The maximum absolute atomic E-state index is 8.39. The van der Waals surface area contributed by atoms with E-state index in [0.29, 0.717) is 13.5 Å². The van der Waals surface area contributed by atoms with Crippen molar-refractivity contribution in [2.24, 2.45) is 5.16 Å². The molecule has 0 saturated heterocycles. The fourth-order valence-corrected chi connectivity index (χ4v) is 1.48. The van der Waals surface area contributed by atoms with Crippen molar-refractivity contribution >= 4 is 6.21 Å². The molecule has 0 fully saturated rings. The number of ether oxygens (including phenoxy) is 1. The van der Waals surface area contributed by atoms with Crippen molar-refractivity contribution in [3.8, 4) is 0 Å².